The van der Waals surface area contributed by atoms with Gasteiger partial charge in [0.25, 0.3) is 0 Å². The number of nitrogens with two attached hydrogens (primary N) is 1. The number of para-hydroxylation sites is 2. The molecule has 4 rings (SSSR count). The minimum Gasteiger partial charge on any atom is -0.496 e. The number of methoxy groups -OCH3 is 1. The minimum atomic E-state index is 0.157. The number of nitrogens with zero attached hydrogens (tertiary/aromatic N) is 6. The van der Waals surface area contributed by atoms with Crippen molar-refractivity contribution in [2.45, 2.75) is 30.8 Å². The van der Waals surface area contributed by atoms with Gasteiger partial charge in [0.15, 0.2) is 11.0 Å². The third-order valence-corrected chi connectivity index (χ3v) is 6.01. The third-order valence-electron chi connectivity index (χ3n) is 5.05. The van der Waals surface area contributed by atoms with Crippen LogP contribution in [0.25, 0.3) is 11.4 Å². The second-order valence-corrected chi connectivity index (χ2v) is 8.21. The third kappa shape index (κ3) is 5.18. The molecule has 0 aliphatic carbocycles. The van der Waals surface area contributed by atoms with E-state index in [-0.39, 0.29) is 5.95 Å². The minimum absolute atomic E-state index is 0.157. The largest absolute Gasteiger partial charge is 0.496 e. The van der Waals surface area contributed by atoms with Crippen LogP contribution in [0.1, 0.15) is 18.3 Å². The zero-order valence-electron chi connectivity index (χ0n) is 19.1. The standard InChI is InChI=1S/C24H26N8OS/c1-4-14-32-21(17-11-7-9-13-19(17)33-3)30-31-24(32)34-15-20-27-22(25)29-23(28-20)26-18-12-8-6-10-16(18)5-2/h4,6-13H,1,5,14-15H2,2-3H3,(H3,25,26,27,28,29). The van der Waals surface area contributed by atoms with E-state index in [2.05, 4.69) is 50.0 Å². The molecule has 2 aromatic carbocycles. The maximum Gasteiger partial charge on any atom is 0.232 e. The van der Waals surface area contributed by atoms with E-state index in [1.54, 1.807) is 13.2 Å². The van der Waals surface area contributed by atoms with Crippen LogP contribution in [0.15, 0.2) is 66.3 Å². The molecule has 2 heterocycles. The van der Waals surface area contributed by atoms with Crippen molar-refractivity contribution in [2.75, 3.05) is 18.2 Å². The van der Waals surface area contributed by atoms with Crippen LogP contribution in [0.3, 0.4) is 0 Å². The number of nitrogen functional groups attached to an aromatic ring is 1. The topological polar surface area (TPSA) is 117 Å². The summed E-state index contributed by atoms with van der Waals surface area (Å²) in [7, 11) is 1.64. The number of benzene rings is 2. The van der Waals surface area contributed by atoms with Gasteiger partial charge in [0.2, 0.25) is 11.9 Å². The lowest BCUT2D eigenvalue weighted by Crippen LogP contribution is -2.08. The summed E-state index contributed by atoms with van der Waals surface area (Å²) < 4.78 is 7.48. The SMILES string of the molecule is C=CCn1c(SCc2nc(N)nc(Nc3ccccc3CC)n2)nnc1-c1ccccc1OC. The monoisotopic (exact) mass is 474 g/mol. The molecule has 2 aromatic heterocycles. The average molecular weight is 475 g/mol. The molecule has 0 amide bonds. The fraction of sp³-hybridized carbons (Fsp3) is 0.208. The second kappa shape index (κ2) is 10.8. The van der Waals surface area contributed by atoms with E-state index in [0.717, 1.165) is 23.4 Å². The Morgan fingerprint density at radius 1 is 1.09 bits per heavy atom. The lowest BCUT2D eigenvalue weighted by molar-refractivity contribution is 0.416. The number of aryl methyl sites for hydroxylation is 1. The Hall–Kier alpha value is -3.92. The fourth-order valence-corrected chi connectivity index (χ4v) is 4.28. The Bertz CT molecular complexity index is 1290. The highest BCUT2D eigenvalue weighted by Gasteiger charge is 2.17. The van der Waals surface area contributed by atoms with Crippen molar-refractivity contribution in [2.24, 2.45) is 0 Å². The van der Waals surface area contributed by atoms with Crippen molar-refractivity contribution in [3.8, 4) is 17.1 Å². The van der Waals surface area contributed by atoms with Crippen molar-refractivity contribution in [3.63, 3.8) is 0 Å². The molecule has 4 aromatic rings. The van der Waals surface area contributed by atoms with E-state index in [9.17, 15) is 0 Å². The van der Waals surface area contributed by atoms with Gasteiger partial charge in [-0.3, -0.25) is 4.57 Å². The number of anilines is 3. The molecule has 0 unspecified atom stereocenters. The summed E-state index contributed by atoms with van der Waals surface area (Å²) in [5.41, 5.74) is 8.94. The molecule has 0 aliphatic rings. The Morgan fingerprint density at radius 2 is 1.88 bits per heavy atom. The quantitative estimate of drug-likeness (QED) is 0.253. The van der Waals surface area contributed by atoms with E-state index in [0.29, 0.717) is 35.1 Å². The van der Waals surface area contributed by atoms with E-state index in [4.69, 9.17) is 10.5 Å². The molecule has 0 atom stereocenters. The Labute approximate surface area is 202 Å². The van der Waals surface area contributed by atoms with Crippen molar-refractivity contribution < 1.29 is 4.74 Å². The first kappa shape index (κ1) is 23.2. The van der Waals surface area contributed by atoms with Gasteiger partial charge < -0.3 is 15.8 Å². The maximum absolute atomic E-state index is 5.97. The number of thioether (sulfide) groups is 1. The Balaban J connectivity index is 1.57. The number of nitrogens with one attached hydrogen (secondary N) is 1. The molecule has 0 aliphatic heterocycles. The van der Waals surface area contributed by atoms with E-state index in [1.807, 2.05) is 47.0 Å². The Morgan fingerprint density at radius 3 is 2.68 bits per heavy atom. The van der Waals surface area contributed by atoms with Gasteiger partial charge in [-0.15, -0.1) is 16.8 Å². The molecular formula is C24H26N8OS. The van der Waals surface area contributed by atoms with Crippen LogP contribution >= 0.6 is 11.8 Å². The highest BCUT2D eigenvalue weighted by Crippen LogP contribution is 2.31. The summed E-state index contributed by atoms with van der Waals surface area (Å²) in [4.78, 5) is 13.1. The van der Waals surface area contributed by atoms with Crippen LogP contribution in [0.5, 0.6) is 5.75 Å². The van der Waals surface area contributed by atoms with Gasteiger partial charge in [-0.2, -0.15) is 15.0 Å². The van der Waals surface area contributed by atoms with Gasteiger partial charge in [-0.05, 0) is 30.2 Å². The van der Waals surface area contributed by atoms with E-state index in [1.165, 1.54) is 17.3 Å². The molecule has 174 valence electrons. The number of aromatic nitrogens is 6. The predicted octanol–water partition coefficient (Wildman–Crippen LogP) is 4.51. The first-order valence-corrected chi connectivity index (χ1v) is 11.8. The highest BCUT2D eigenvalue weighted by atomic mass is 32.2. The van der Waals surface area contributed by atoms with Gasteiger partial charge in [-0.25, -0.2) is 0 Å². The Kier molecular flexibility index (Phi) is 7.38. The molecule has 10 heteroatoms. The first-order valence-electron chi connectivity index (χ1n) is 10.8. The number of rotatable bonds is 10. The molecule has 0 bridgehead atoms. The number of hydrogen-bond donors (Lipinski definition) is 2. The summed E-state index contributed by atoms with van der Waals surface area (Å²) in [6, 6.07) is 15.7. The van der Waals surface area contributed by atoms with Gasteiger partial charge in [0.05, 0.1) is 18.4 Å². The van der Waals surface area contributed by atoms with Crippen LogP contribution in [-0.2, 0) is 18.7 Å². The molecule has 0 saturated heterocycles. The van der Waals surface area contributed by atoms with Crippen LogP contribution in [0.2, 0.25) is 0 Å². The lowest BCUT2D eigenvalue weighted by Gasteiger charge is -2.11. The zero-order chi connectivity index (χ0) is 23.9. The number of ether oxygens (including phenoxy) is 1. The zero-order valence-corrected chi connectivity index (χ0v) is 19.9. The van der Waals surface area contributed by atoms with Crippen molar-refractivity contribution >= 4 is 29.3 Å². The maximum atomic E-state index is 5.97. The number of hydrogen-bond acceptors (Lipinski definition) is 9. The molecular weight excluding hydrogens is 448 g/mol. The van der Waals surface area contributed by atoms with E-state index < -0.39 is 0 Å². The lowest BCUT2D eigenvalue weighted by atomic mass is 10.1. The average Bonchev–Trinajstić information content (AvgIpc) is 3.25. The van der Waals surface area contributed by atoms with Crippen molar-refractivity contribution in [3.05, 3.63) is 72.6 Å². The smallest absolute Gasteiger partial charge is 0.232 e. The molecule has 0 radical (unpaired) electrons. The normalized spacial score (nSPS) is 10.8. The molecule has 0 spiro atoms. The summed E-state index contributed by atoms with van der Waals surface area (Å²) in [6.45, 7) is 6.52. The molecule has 0 saturated carbocycles. The summed E-state index contributed by atoms with van der Waals surface area (Å²) in [5.74, 6) is 2.98. The predicted molar refractivity (Wildman–Crippen MR) is 135 cm³/mol. The van der Waals surface area contributed by atoms with Crippen LogP contribution in [0, 0.1) is 0 Å². The van der Waals surface area contributed by atoms with Crippen LogP contribution in [0.4, 0.5) is 17.6 Å². The van der Waals surface area contributed by atoms with Gasteiger partial charge in [0.1, 0.15) is 11.6 Å². The van der Waals surface area contributed by atoms with Crippen LogP contribution in [-0.4, -0.2) is 36.8 Å². The number of allylic oxidation sites excluding steroid dienone is 1. The second-order valence-electron chi connectivity index (χ2n) is 7.26. The van der Waals surface area contributed by atoms with Crippen LogP contribution < -0.4 is 15.8 Å². The molecule has 34 heavy (non-hydrogen) atoms. The van der Waals surface area contributed by atoms with Gasteiger partial charge in [-0.1, -0.05) is 55.1 Å². The molecule has 9 nitrogen and oxygen atoms in total. The van der Waals surface area contributed by atoms with E-state index >= 15 is 0 Å². The summed E-state index contributed by atoms with van der Waals surface area (Å²) in [6.07, 6.45) is 2.69. The summed E-state index contributed by atoms with van der Waals surface area (Å²) >= 11 is 1.47. The van der Waals surface area contributed by atoms with Gasteiger partial charge in [0, 0.05) is 12.2 Å². The van der Waals surface area contributed by atoms with Crippen molar-refractivity contribution in [1.29, 1.82) is 0 Å². The first-order chi connectivity index (χ1) is 16.6. The van der Waals surface area contributed by atoms with Gasteiger partial charge >= 0.3 is 0 Å². The summed E-state index contributed by atoms with van der Waals surface area (Å²) in [5, 5.41) is 12.8. The molecule has 0 fully saturated rings. The molecule has 3 N–H and O–H groups in total. The fourth-order valence-electron chi connectivity index (χ4n) is 3.48. The van der Waals surface area contributed by atoms with Crippen molar-refractivity contribution in [1.82, 2.24) is 29.7 Å². The highest BCUT2D eigenvalue weighted by molar-refractivity contribution is 7.98.